The Morgan fingerprint density at radius 2 is 1.48 bits per heavy atom. The summed E-state index contributed by atoms with van der Waals surface area (Å²) in [5.41, 5.74) is 2.18. The second-order valence-electron chi connectivity index (χ2n) is 6.84. The van der Waals surface area contributed by atoms with Crippen LogP contribution in [-0.4, -0.2) is 24.9 Å². The molecule has 0 saturated heterocycles. The molecule has 0 radical (unpaired) electrons. The largest absolute Gasteiger partial charge is 0.486 e. The molecule has 1 aliphatic rings. The van der Waals surface area contributed by atoms with Crippen LogP contribution in [-0.2, 0) is 0 Å². The molecule has 1 heterocycles. The van der Waals surface area contributed by atoms with Gasteiger partial charge in [0.1, 0.15) is 13.2 Å². The quantitative estimate of drug-likeness (QED) is 0.667. The molecule has 3 aromatic rings. The van der Waals surface area contributed by atoms with Crippen molar-refractivity contribution in [1.82, 2.24) is 5.32 Å². The smallest absolute Gasteiger partial charge is 0.252 e. The molecule has 0 bridgehead atoms. The maximum Gasteiger partial charge on any atom is 0.252 e. The number of ketones is 1. The minimum absolute atomic E-state index is 0.177. The number of fused-ring (bicyclic) bond motifs is 1. The van der Waals surface area contributed by atoms with E-state index in [0.717, 1.165) is 5.56 Å². The molecule has 0 spiro atoms. The molecular formula is C24H21NO4. The van der Waals surface area contributed by atoms with Crippen LogP contribution in [0.2, 0.25) is 0 Å². The van der Waals surface area contributed by atoms with Crippen molar-refractivity contribution in [1.29, 1.82) is 0 Å². The van der Waals surface area contributed by atoms with Gasteiger partial charge in [-0.3, -0.25) is 9.59 Å². The summed E-state index contributed by atoms with van der Waals surface area (Å²) >= 11 is 0. The molecule has 0 aromatic heterocycles. The fourth-order valence-electron chi connectivity index (χ4n) is 3.31. The molecule has 0 fully saturated rings. The lowest BCUT2D eigenvalue weighted by Gasteiger charge is -2.21. The third kappa shape index (κ3) is 3.99. The number of carbonyl (C=O) groups is 2. The maximum atomic E-state index is 13.0. The lowest BCUT2D eigenvalue weighted by atomic mass is 9.97. The van der Waals surface area contributed by atoms with E-state index in [4.69, 9.17) is 9.47 Å². The van der Waals surface area contributed by atoms with E-state index in [1.165, 1.54) is 0 Å². The topological polar surface area (TPSA) is 64.6 Å². The SMILES string of the molecule is C[C@@H](NC(=O)c1ccccc1C(=O)c1ccccc1)c1ccc2c(c1)OCCO2. The third-order valence-electron chi connectivity index (χ3n) is 4.87. The number of hydrogen-bond acceptors (Lipinski definition) is 4. The molecule has 1 amide bonds. The Labute approximate surface area is 169 Å². The van der Waals surface area contributed by atoms with Gasteiger partial charge in [0.05, 0.1) is 11.6 Å². The van der Waals surface area contributed by atoms with E-state index in [9.17, 15) is 9.59 Å². The summed E-state index contributed by atoms with van der Waals surface area (Å²) in [5.74, 6) is 0.905. The molecule has 0 unspecified atom stereocenters. The van der Waals surface area contributed by atoms with E-state index < -0.39 is 0 Å². The van der Waals surface area contributed by atoms with Gasteiger partial charge >= 0.3 is 0 Å². The van der Waals surface area contributed by atoms with Crippen LogP contribution in [0.25, 0.3) is 0 Å². The number of ether oxygens (including phenoxy) is 2. The van der Waals surface area contributed by atoms with Crippen LogP contribution in [0.3, 0.4) is 0 Å². The van der Waals surface area contributed by atoms with E-state index in [-0.39, 0.29) is 17.7 Å². The van der Waals surface area contributed by atoms with Gasteiger partial charge in [-0.15, -0.1) is 0 Å². The van der Waals surface area contributed by atoms with Gasteiger partial charge in [-0.05, 0) is 30.7 Å². The normalized spacial score (nSPS) is 13.4. The Kier molecular flexibility index (Phi) is 5.29. The molecule has 29 heavy (non-hydrogen) atoms. The highest BCUT2D eigenvalue weighted by Crippen LogP contribution is 2.32. The van der Waals surface area contributed by atoms with E-state index in [1.54, 1.807) is 48.5 Å². The Hall–Kier alpha value is -3.60. The minimum Gasteiger partial charge on any atom is -0.486 e. The molecule has 1 atom stereocenters. The Bertz CT molecular complexity index is 1050. The van der Waals surface area contributed by atoms with E-state index in [1.807, 2.05) is 31.2 Å². The predicted octanol–water partition coefficient (Wildman–Crippen LogP) is 4.18. The highest BCUT2D eigenvalue weighted by Gasteiger charge is 2.20. The number of amides is 1. The lowest BCUT2D eigenvalue weighted by molar-refractivity contribution is 0.0929. The van der Waals surface area contributed by atoms with E-state index in [2.05, 4.69) is 5.32 Å². The lowest BCUT2D eigenvalue weighted by Crippen LogP contribution is -2.28. The Balaban J connectivity index is 1.55. The summed E-state index contributed by atoms with van der Waals surface area (Å²) in [6, 6.07) is 21.2. The molecule has 1 aliphatic heterocycles. The van der Waals surface area contributed by atoms with Crippen molar-refractivity contribution >= 4 is 11.7 Å². The van der Waals surface area contributed by atoms with Crippen LogP contribution in [0.4, 0.5) is 0 Å². The summed E-state index contributed by atoms with van der Waals surface area (Å²) in [4.78, 5) is 25.8. The minimum atomic E-state index is -0.299. The van der Waals surface area contributed by atoms with Gasteiger partial charge in [-0.25, -0.2) is 0 Å². The van der Waals surface area contributed by atoms with Crippen LogP contribution in [0.5, 0.6) is 11.5 Å². The predicted molar refractivity (Wildman–Crippen MR) is 110 cm³/mol. The highest BCUT2D eigenvalue weighted by molar-refractivity contribution is 6.15. The summed E-state index contributed by atoms with van der Waals surface area (Å²) < 4.78 is 11.2. The number of nitrogens with one attached hydrogen (secondary N) is 1. The van der Waals surface area contributed by atoms with Crippen molar-refractivity contribution in [2.75, 3.05) is 13.2 Å². The van der Waals surface area contributed by atoms with Crippen molar-refractivity contribution in [3.63, 3.8) is 0 Å². The number of rotatable bonds is 5. The fraction of sp³-hybridized carbons (Fsp3) is 0.167. The zero-order valence-corrected chi connectivity index (χ0v) is 16.1. The molecule has 0 saturated carbocycles. The molecule has 4 rings (SSSR count). The number of hydrogen-bond donors (Lipinski definition) is 1. The summed E-state index contributed by atoms with van der Waals surface area (Å²) in [7, 11) is 0. The van der Waals surface area contributed by atoms with Crippen LogP contribution in [0, 0.1) is 0 Å². The average Bonchev–Trinajstić information content (AvgIpc) is 2.78. The summed E-state index contributed by atoms with van der Waals surface area (Å²) in [6.07, 6.45) is 0. The van der Waals surface area contributed by atoms with Crippen molar-refractivity contribution in [3.8, 4) is 11.5 Å². The van der Waals surface area contributed by atoms with Gasteiger partial charge in [0.15, 0.2) is 17.3 Å². The zero-order valence-electron chi connectivity index (χ0n) is 16.1. The second kappa shape index (κ2) is 8.19. The van der Waals surface area contributed by atoms with E-state index in [0.29, 0.717) is 41.4 Å². The Morgan fingerprint density at radius 3 is 2.24 bits per heavy atom. The van der Waals surface area contributed by atoms with Gasteiger partial charge in [0.25, 0.3) is 5.91 Å². The van der Waals surface area contributed by atoms with Crippen molar-refractivity contribution in [2.45, 2.75) is 13.0 Å². The molecular weight excluding hydrogens is 366 g/mol. The molecule has 5 nitrogen and oxygen atoms in total. The Morgan fingerprint density at radius 1 is 0.828 bits per heavy atom. The molecule has 3 aromatic carbocycles. The molecule has 0 aliphatic carbocycles. The maximum absolute atomic E-state index is 13.0. The van der Waals surface area contributed by atoms with Crippen LogP contribution >= 0.6 is 0 Å². The van der Waals surface area contributed by atoms with Crippen LogP contribution in [0.15, 0.2) is 72.8 Å². The first kappa shape index (κ1) is 18.7. The molecule has 1 N–H and O–H groups in total. The highest BCUT2D eigenvalue weighted by atomic mass is 16.6. The third-order valence-corrected chi connectivity index (χ3v) is 4.87. The van der Waals surface area contributed by atoms with Gasteiger partial charge in [-0.1, -0.05) is 54.6 Å². The first-order valence-corrected chi connectivity index (χ1v) is 9.52. The van der Waals surface area contributed by atoms with Crippen LogP contribution in [0.1, 0.15) is 44.8 Å². The van der Waals surface area contributed by atoms with Crippen LogP contribution < -0.4 is 14.8 Å². The first-order chi connectivity index (χ1) is 14.1. The summed E-state index contributed by atoms with van der Waals surface area (Å²) in [5, 5.41) is 2.98. The van der Waals surface area contributed by atoms with E-state index >= 15 is 0 Å². The summed E-state index contributed by atoms with van der Waals surface area (Å²) in [6.45, 7) is 2.93. The molecule has 146 valence electrons. The van der Waals surface area contributed by atoms with Crippen molar-refractivity contribution in [2.24, 2.45) is 0 Å². The first-order valence-electron chi connectivity index (χ1n) is 9.52. The second-order valence-corrected chi connectivity index (χ2v) is 6.84. The van der Waals surface area contributed by atoms with Gasteiger partial charge in [-0.2, -0.15) is 0 Å². The van der Waals surface area contributed by atoms with Gasteiger partial charge in [0, 0.05) is 11.1 Å². The van der Waals surface area contributed by atoms with Gasteiger partial charge in [0.2, 0.25) is 0 Å². The monoisotopic (exact) mass is 387 g/mol. The van der Waals surface area contributed by atoms with Crippen molar-refractivity contribution < 1.29 is 19.1 Å². The average molecular weight is 387 g/mol. The fourth-order valence-corrected chi connectivity index (χ4v) is 3.31. The molecule has 5 heteroatoms. The standard InChI is InChI=1S/C24H21NO4/c1-16(18-11-12-21-22(15-18)29-14-13-28-21)25-24(27)20-10-6-5-9-19(20)23(26)17-7-3-2-4-8-17/h2-12,15-16H,13-14H2,1H3,(H,25,27)/t16-/m1/s1. The van der Waals surface area contributed by atoms with Crippen molar-refractivity contribution in [3.05, 3.63) is 95.1 Å². The number of benzene rings is 3. The zero-order chi connectivity index (χ0) is 20.2. The van der Waals surface area contributed by atoms with Gasteiger partial charge < -0.3 is 14.8 Å². The number of carbonyl (C=O) groups excluding carboxylic acids is 2.